The third kappa shape index (κ3) is 3.26. The van der Waals surface area contributed by atoms with Gasteiger partial charge in [0.15, 0.2) is 0 Å². The number of nitrogens with zero attached hydrogens (tertiary/aromatic N) is 2. The minimum atomic E-state index is 0.0105. The van der Waals surface area contributed by atoms with Crippen LogP contribution in [0.1, 0.15) is 29.1 Å². The maximum absolute atomic E-state index is 4.92. The summed E-state index contributed by atoms with van der Waals surface area (Å²) in [6, 6.07) is 20.8. The van der Waals surface area contributed by atoms with Gasteiger partial charge in [-0.3, -0.25) is 4.99 Å². The van der Waals surface area contributed by atoms with Crippen molar-refractivity contribution in [3.05, 3.63) is 88.4 Å². The van der Waals surface area contributed by atoms with Crippen LogP contribution < -0.4 is 0 Å². The highest BCUT2D eigenvalue weighted by Crippen LogP contribution is 2.26. The fraction of sp³-hybridized carbons (Fsp3) is 0.111. The molecule has 104 valence electrons. The minimum absolute atomic E-state index is 0.0105. The molecule has 0 unspecified atom stereocenters. The van der Waals surface area contributed by atoms with E-state index in [1.165, 1.54) is 11.1 Å². The number of hydrogen-bond donors (Lipinski definition) is 0. The van der Waals surface area contributed by atoms with Gasteiger partial charge in [0.05, 0.1) is 5.71 Å². The molecule has 3 heteroatoms. The summed E-state index contributed by atoms with van der Waals surface area (Å²) in [7, 11) is 0. The molecular formula is C18H16N2S. The highest BCUT2D eigenvalue weighted by molar-refractivity contribution is 7.11. The molecule has 0 saturated carbocycles. The standard InChI is InChI=1S/C18H16N2S/c1-14(18-19-12-13-21-18)20-17(15-8-4-2-5-9-15)16-10-6-3-7-11-16/h2-13,17H,1H3. The second-order valence-electron chi connectivity index (χ2n) is 4.78. The van der Waals surface area contributed by atoms with Gasteiger partial charge < -0.3 is 0 Å². The van der Waals surface area contributed by atoms with Crippen LogP contribution >= 0.6 is 11.3 Å². The lowest BCUT2D eigenvalue weighted by atomic mass is 9.99. The molecule has 0 amide bonds. The van der Waals surface area contributed by atoms with Gasteiger partial charge in [-0.1, -0.05) is 60.7 Å². The first-order valence-electron chi connectivity index (χ1n) is 6.89. The fourth-order valence-electron chi connectivity index (χ4n) is 2.26. The highest BCUT2D eigenvalue weighted by atomic mass is 32.1. The number of hydrogen-bond acceptors (Lipinski definition) is 3. The molecule has 3 rings (SSSR count). The predicted octanol–water partition coefficient (Wildman–Crippen LogP) is 4.74. The molecule has 0 aliphatic rings. The van der Waals surface area contributed by atoms with Crippen molar-refractivity contribution in [3.8, 4) is 0 Å². The van der Waals surface area contributed by atoms with Crippen molar-refractivity contribution in [2.24, 2.45) is 4.99 Å². The van der Waals surface area contributed by atoms with Gasteiger partial charge >= 0.3 is 0 Å². The Morgan fingerprint density at radius 1 is 0.952 bits per heavy atom. The number of benzene rings is 2. The number of aromatic nitrogens is 1. The minimum Gasteiger partial charge on any atom is -0.274 e. The quantitative estimate of drug-likeness (QED) is 0.637. The van der Waals surface area contributed by atoms with Crippen LogP contribution in [0.5, 0.6) is 0 Å². The van der Waals surface area contributed by atoms with Crippen LogP contribution in [0.3, 0.4) is 0 Å². The first-order valence-corrected chi connectivity index (χ1v) is 7.77. The van der Waals surface area contributed by atoms with E-state index in [2.05, 4.69) is 53.5 Å². The van der Waals surface area contributed by atoms with Gasteiger partial charge in [-0.25, -0.2) is 4.98 Å². The van der Waals surface area contributed by atoms with Crippen molar-refractivity contribution in [3.63, 3.8) is 0 Å². The molecule has 0 N–H and O–H groups in total. The molecule has 0 atom stereocenters. The zero-order valence-corrected chi connectivity index (χ0v) is 12.6. The molecule has 2 aromatic carbocycles. The Bertz CT molecular complexity index is 664. The molecule has 3 aromatic rings. The lowest BCUT2D eigenvalue weighted by Crippen LogP contribution is -2.03. The lowest BCUT2D eigenvalue weighted by Gasteiger charge is -2.14. The van der Waals surface area contributed by atoms with E-state index in [0.717, 1.165) is 10.7 Å². The second kappa shape index (κ2) is 6.46. The second-order valence-corrected chi connectivity index (χ2v) is 5.67. The van der Waals surface area contributed by atoms with E-state index in [9.17, 15) is 0 Å². The Kier molecular flexibility index (Phi) is 4.22. The van der Waals surface area contributed by atoms with Gasteiger partial charge in [-0.15, -0.1) is 11.3 Å². The van der Waals surface area contributed by atoms with Crippen LogP contribution in [0, 0.1) is 0 Å². The van der Waals surface area contributed by atoms with Gasteiger partial charge in [0.2, 0.25) is 0 Å². The van der Waals surface area contributed by atoms with Crippen LogP contribution in [0.25, 0.3) is 0 Å². The third-order valence-electron chi connectivity index (χ3n) is 3.30. The summed E-state index contributed by atoms with van der Waals surface area (Å²) >= 11 is 1.62. The molecule has 0 saturated heterocycles. The molecular weight excluding hydrogens is 276 g/mol. The number of thiazole rings is 1. The first kappa shape index (κ1) is 13.7. The van der Waals surface area contributed by atoms with Gasteiger partial charge in [0, 0.05) is 11.6 Å². The van der Waals surface area contributed by atoms with Crippen LogP contribution in [0.2, 0.25) is 0 Å². The van der Waals surface area contributed by atoms with E-state index in [-0.39, 0.29) is 6.04 Å². The molecule has 0 aliphatic carbocycles. The Balaban J connectivity index is 2.03. The van der Waals surface area contributed by atoms with Crippen LogP contribution in [-0.4, -0.2) is 10.7 Å². The molecule has 0 radical (unpaired) electrons. The van der Waals surface area contributed by atoms with Gasteiger partial charge in [0.25, 0.3) is 0 Å². The molecule has 1 heterocycles. The number of aliphatic imine (C=N–C) groups is 1. The van der Waals surface area contributed by atoms with Gasteiger partial charge in [-0.2, -0.15) is 0 Å². The van der Waals surface area contributed by atoms with Crippen molar-refractivity contribution in [1.82, 2.24) is 4.98 Å². The fourth-order valence-corrected chi connectivity index (χ4v) is 2.86. The van der Waals surface area contributed by atoms with E-state index in [1.54, 1.807) is 11.3 Å². The van der Waals surface area contributed by atoms with E-state index in [1.807, 2.05) is 30.6 Å². The topological polar surface area (TPSA) is 25.2 Å². The van der Waals surface area contributed by atoms with E-state index in [4.69, 9.17) is 4.99 Å². The molecule has 0 fully saturated rings. The molecule has 0 bridgehead atoms. The SMILES string of the molecule is CC(=NC(c1ccccc1)c1ccccc1)c1nccs1. The zero-order chi connectivity index (χ0) is 14.5. The maximum Gasteiger partial charge on any atom is 0.136 e. The normalized spacial score (nSPS) is 11.8. The monoisotopic (exact) mass is 292 g/mol. The summed E-state index contributed by atoms with van der Waals surface area (Å²) in [4.78, 5) is 9.27. The molecule has 21 heavy (non-hydrogen) atoms. The van der Waals surface area contributed by atoms with E-state index >= 15 is 0 Å². The van der Waals surface area contributed by atoms with Gasteiger partial charge in [-0.05, 0) is 18.1 Å². The Morgan fingerprint density at radius 3 is 2.00 bits per heavy atom. The summed E-state index contributed by atoms with van der Waals surface area (Å²) in [5.41, 5.74) is 3.36. The molecule has 1 aromatic heterocycles. The van der Waals surface area contributed by atoms with Gasteiger partial charge in [0.1, 0.15) is 11.0 Å². The average molecular weight is 292 g/mol. The van der Waals surface area contributed by atoms with Crippen molar-refractivity contribution in [2.75, 3.05) is 0 Å². The maximum atomic E-state index is 4.92. The van der Waals surface area contributed by atoms with Crippen LogP contribution in [-0.2, 0) is 0 Å². The summed E-state index contributed by atoms with van der Waals surface area (Å²) in [5.74, 6) is 0. The Labute approximate surface area is 128 Å². The van der Waals surface area contributed by atoms with Crippen LogP contribution in [0.15, 0.2) is 77.2 Å². The molecule has 0 aliphatic heterocycles. The smallest absolute Gasteiger partial charge is 0.136 e. The largest absolute Gasteiger partial charge is 0.274 e. The van der Waals surface area contributed by atoms with Crippen molar-refractivity contribution in [1.29, 1.82) is 0 Å². The average Bonchev–Trinajstić information content (AvgIpc) is 3.09. The third-order valence-corrected chi connectivity index (χ3v) is 4.18. The van der Waals surface area contributed by atoms with Crippen LogP contribution in [0.4, 0.5) is 0 Å². The summed E-state index contributed by atoms with van der Waals surface area (Å²) < 4.78 is 0. The summed E-state index contributed by atoms with van der Waals surface area (Å²) in [6.07, 6.45) is 1.82. The Morgan fingerprint density at radius 2 is 1.52 bits per heavy atom. The molecule has 2 nitrogen and oxygen atoms in total. The highest BCUT2D eigenvalue weighted by Gasteiger charge is 2.13. The van der Waals surface area contributed by atoms with E-state index < -0.39 is 0 Å². The predicted molar refractivity (Wildman–Crippen MR) is 89.1 cm³/mol. The first-order chi connectivity index (χ1) is 10.3. The summed E-state index contributed by atoms with van der Waals surface area (Å²) in [5, 5.41) is 2.96. The zero-order valence-electron chi connectivity index (χ0n) is 11.8. The lowest BCUT2D eigenvalue weighted by molar-refractivity contribution is 0.871. The molecule has 0 spiro atoms. The van der Waals surface area contributed by atoms with Crippen molar-refractivity contribution in [2.45, 2.75) is 13.0 Å². The summed E-state index contributed by atoms with van der Waals surface area (Å²) in [6.45, 7) is 2.03. The number of rotatable bonds is 4. The Hall–Kier alpha value is -2.26. The van der Waals surface area contributed by atoms with Crippen molar-refractivity contribution < 1.29 is 0 Å². The van der Waals surface area contributed by atoms with E-state index in [0.29, 0.717) is 0 Å². The van der Waals surface area contributed by atoms with Crippen molar-refractivity contribution >= 4 is 17.0 Å².